The summed E-state index contributed by atoms with van der Waals surface area (Å²) in [6.07, 6.45) is 3.97. The Morgan fingerprint density at radius 2 is 1.63 bits per heavy atom. The number of nitro benzene ring substituents is 1. The van der Waals surface area contributed by atoms with E-state index in [1.165, 1.54) is 35.3 Å². The van der Waals surface area contributed by atoms with Crippen molar-refractivity contribution in [1.29, 1.82) is 0 Å². The van der Waals surface area contributed by atoms with Gasteiger partial charge in [0.2, 0.25) is 10.0 Å². The van der Waals surface area contributed by atoms with E-state index in [0.717, 1.165) is 37.2 Å². The SMILES string of the molecule is O=[N+]([O-])c1cc(S(=O)(=O)N2CCCC2)ccc1NCc1ccccc1N1CCCC1. The van der Waals surface area contributed by atoms with Crippen molar-refractivity contribution in [3.63, 3.8) is 0 Å². The maximum absolute atomic E-state index is 12.8. The van der Waals surface area contributed by atoms with Crippen molar-refractivity contribution in [3.05, 3.63) is 58.1 Å². The summed E-state index contributed by atoms with van der Waals surface area (Å²) < 4.78 is 26.9. The van der Waals surface area contributed by atoms with Gasteiger partial charge >= 0.3 is 0 Å². The molecule has 30 heavy (non-hydrogen) atoms. The molecule has 2 aliphatic heterocycles. The fraction of sp³-hybridized carbons (Fsp3) is 0.429. The van der Waals surface area contributed by atoms with Crippen LogP contribution in [0.5, 0.6) is 0 Å². The van der Waals surface area contributed by atoms with E-state index in [2.05, 4.69) is 16.3 Å². The van der Waals surface area contributed by atoms with E-state index < -0.39 is 14.9 Å². The number of sulfonamides is 1. The number of para-hydroxylation sites is 1. The van der Waals surface area contributed by atoms with Gasteiger partial charge in [-0.1, -0.05) is 18.2 Å². The Kier molecular flexibility index (Phi) is 5.92. The van der Waals surface area contributed by atoms with Gasteiger partial charge in [-0.2, -0.15) is 4.31 Å². The zero-order valence-corrected chi connectivity index (χ0v) is 17.6. The van der Waals surface area contributed by atoms with E-state index in [-0.39, 0.29) is 10.6 Å². The minimum atomic E-state index is -3.70. The number of nitro groups is 1. The molecule has 0 radical (unpaired) electrons. The van der Waals surface area contributed by atoms with E-state index in [4.69, 9.17) is 0 Å². The van der Waals surface area contributed by atoms with Gasteiger partial charge in [-0.05, 0) is 49.4 Å². The summed E-state index contributed by atoms with van der Waals surface area (Å²) in [7, 11) is -3.70. The number of benzene rings is 2. The van der Waals surface area contributed by atoms with Crippen LogP contribution in [0.3, 0.4) is 0 Å². The van der Waals surface area contributed by atoms with E-state index in [1.807, 2.05) is 18.2 Å². The van der Waals surface area contributed by atoms with Crippen molar-refractivity contribution in [2.24, 2.45) is 0 Å². The van der Waals surface area contributed by atoms with Crippen molar-refractivity contribution in [1.82, 2.24) is 4.31 Å². The average molecular weight is 431 g/mol. The normalized spacial score (nSPS) is 17.4. The first-order chi connectivity index (χ1) is 14.5. The molecule has 2 aromatic carbocycles. The van der Waals surface area contributed by atoms with Crippen LogP contribution >= 0.6 is 0 Å². The Labute approximate surface area is 176 Å². The fourth-order valence-corrected chi connectivity index (χ4v) is 5.70. The molecular weight excluding hydrogens is 404 g/mol. The minimum Gasteiger partial charge on any atom is -0.375 e. The summed E-state index contributed by atoms with van der Waals surface area (Å²) in [5.41, 5.74) is 2.28. The molecule has 4 rings (SSSR count). The topological polar surface area (TPSA) is 95.8 Å². The van der Waals surface area contributed by atoms with Crippen LogP contribution in [0.1, 0.15) is 31.2 Å². The zero-order valence-electron chi connectivity index (χ0n) is 16.8. The Balaban J connectivity index is 1.57. The lowest BCUT2D eigenvalue weighted by Crippen LogP contribution is -2.27. The predicted octanol–water partition coefficient (Wildman–Crippen LogP) is 3.59. The smallest absolute Gasteiger partial charge is 0.293 e. The Bertz CT molecular complexity index is 1030. The van der Waals surface area contributed by atoms with Crippen LogP contribution in [0, 0.1) is 10.1 Å². The third-order valence-electron chi connectivity index (χ3n) is 5.78. The molecule has 2 aliphatic rings. The summed E-state index contributed by atoms with van der Waals surface area (Å²) >= 11 is 0. The standard InChI is InChI=1S/C21H26N4O4S/c26-25(27)21-15-18(30(28,29)24-13-5-6-14-24)9-10-19(21)22-16-17-7-1-2-8-20(17)23-11-3-4-12-23/h1-2,7-10,15,22H,3-6,11-14,16H2. The molecule has 0 atom stereocenters. The molecule has 1 N–H and O–H groups in total. The third-order valence-corrected chi connectivity index (χ3v) is 7.67. The molecule has 0 aliphatic carbocycles. The highest BCUT2D eigenvalue weighted by atomic mass is 32.2. The van der Waals surface area contributed by atoms with Crippen LogP contribution < -0.4 is 10.2 Å². The van der Waals surface area contributed by atoms with Gasteiger partial charge < -0.3 is 10.2 Å². The first-order valence-electron chi connectivity index (χ1n) is 10.3. The quantitative estimate of drug-likeness (QED) is 0.533. The Hall–Kier alpha value is -2.65. The van der Waals surface area contributed by atoms with Crippen LogP contribution in [-0.4, -0.2) is 43.8 Å². The van der Waals surface area contributed by atoms with Crippen molar-refractivity contribution < 1.29 is 13.3 Å². The molecule has 160 valence electrons. The molecule has 0 bridgehead atoms. The highest BCUT2D eigenvalue weighted by Crippen LogP contribution is 2.31. The maximum atomic E-state index is 12.8. The van der Waals surface area contributed by atoms with Crippen LogP contribution in [0.2, 0.25) is 0 Å². The van der Waals surface area contributed by atoms with Gasteiger partial charge in [0, 0.05) is 44.5 Å². The molecule has 0 saturated carbocycles. The van der Waals surface area contributed by atoms with Crippen LogP contribution in [0.15, 0.2) is 47.4 Å². The lowest BCUT2D eigenvalue weighted by Gasteiger charge is -2.22. The fourth-order valence-electron chi connectivity index (χ4n) is 4.17. The number of nitrogens with one attached hydrogen (secondary N) is 1. The summed E-state index contributed by atoms with van der Waals surface area (Å²) in [4.78, 5) is 13.4. The van der Waals surface area contributed by atoms with Gasteiger partial charge in [0.25, 0.3) is 5.69 Å². The average Bonchev–Trinajstić information content (AvgIpc) is 3.46. The second kappa shape index (κ2) is 8.61. The van der Waals surface area contributed by atoms with Gasteiger partial charge in [-0.15, -0.1) is 0 Å². The van der Waals surface area contributed by atoms with Gasteiger partial charge in [-0.25, -0.2) is 8.42 Å². The molecule has 2 saturated heterocycles. The molecular formula is C21H26N4O4S. The van der Waals surface area contributed by atoms with Crippen molar-refractivity contribution in [2.75, 3.05) is 36.4 Å². The molecule has 0 aromatic heterocycles. The minimum absolute atomic E-state index is 0.0286. The van der Waals surface area contributed by atoms with Gasteiger partial charge in [0.1, 0.15) is 5.69 Å². The van der Waals surface area contributed by atoms with Crippen LogP contribution in [-0.2, 0) is 16.6 Å². The van der Waals surface area contributed by atoms with E-state index in [9.17, 15) is 18.5 Å². The molecule has 2 heterocycles. The third kappa shape index (κ3) is 4.13. The molecule has 0 unspecified atom stereocenters. The lowest BCUT2D eigenvalue weighted by molar-refractivity contribution is -0.384. The molecule has 9 heteroatoms. The van der Waals surface area contributed by atoms with E-state index in [1.54, 1.807) is 0 Å². The highest BCUT2D eigenvalue weighted by Gasteiger charge is 2.29. The molecule has 2 aromatic rings. The van der Waals surface area contributed by atoms with Crippen molar-refractivity contribution >= 4 is 27.1 Å². The zero-order chi connectivity index (χ0) is 21.1. The summed E-state index contributed by atoms with van der Waals surface area (Å²) in [5.74, 6) is 0. The first-order valence-corrected chi connectivity index (χ1v) is 11.8. The van der Waals surface area contributed by atoms with Gasteiger partial charge in [0.05, 0.1) is 9.82 Å². The van der Waals surface area contributed by atoms with E-state index in [0.29, 0.717) is 25.3 Å². The largest absolute Gasteiger partial charge is 0.375 e. The second-order valence-corrected chi connectivity index (χ2v) is 9.66. The Morgan fingerprint density at radius 1 is 0.967 bits per heavy atom. The molecule has 0 spiro atoms. The summed E-state index contributed by atoms with van der Waals surface area (Å²) in [5, 5.41) is 14.8. The Morgan fingerprint density at radius 3 is 2.33 bits per heavy atom. The number of rotatable bonds is 7. The maximum Gasteiger partial charge on any atom is 0.293 e. The predicted molar refractivity (Wildman–Crippen MR) is 116 cm³/mol. The molecule has 2 fully saturated rings. The molecule has 8 nitrogen and oxygen atoms in total. The number of nitrogens with zero attached hydrogens (tertiary/aromatic N) is 3. The van der Waals surface area contributed by atoms with Crippen molar-refractivity contribution in [3.8, 4) is 0 Å². The van der Waals surface area contributed by atoms with Crippen molar-refractivity contribution in [2.45, 2.75) is 37.1 Å². The van der Waals surface area contributed by atoms with Gasteiger partial charge in [0.15, 0.2) is 0 Å². The number of anilines is 2. The highest BCUT2D eigenvalue weighted by molar-refractivity contribution is 7.89. The van der Waals surface area contributed by atoms with Crippen LogP contribution in [0.4, 0.5) is 17.1 Å². The summed E-state index contributed by atoms with van der Waals surface area (Å²) in [6, 6.07) is 12.2. The number of hydrogen-bond acceptors (Lipinski definition) is 6. The lowest BCUT2D eigenvalue weighted by atomic mass is 10.1. The van der Waals surface area contributed by atoms with E-state index >= 15 is 0 Å². The monoisotopic (exact) mass is 430 g/mol. The summed E-state index contributed by atoms with van der Waals surface area (Å²) in [6.45, 7) is 3.37. The first kappa shape index (κ1) is 20.6. The second-order valence-electron chi connectivity index (χ2n) is 7.72. The van der Waals surface area contributed by atoms with Gasteiger partial charge in [-0.3, -0.25) is 10.1 Å². The van der Waals surface area contributed by atoms with Crippen LogP contribution in [0.25, 0.3) is 0 Å². The molecule has 0 amide bonds. The number of hydrogen-bond donors (Lipinski definition) is 1.